The lowest BCUT2D eigenvalue weighted by molar-refractivity contribution is 0.00970. The van der Waals surface area contributed by atoms with Crippen molar-refractivity contribution < 1.29 is 22.7 Å². The van der Waals surface area contributed by atoms with Gasteiger partial charge in [0, 0.05) is 19.7 Å². The number of halogens is 1. The molecule has 0 saturated carbocycles. The van der Waals surface area contributed by atoms with Crippen LogP contribution >= 0.6 is 0 Å². The number of rotatable bonds is 4. The van der Waals surface area contributed by atoms with Crippen molar-refractivity contribution in [3.63, 3.8) is 0 Å². The Morgan fingerprint density at radius 2 is 2.14 bits per heavy atom. The predicted molar refractivity (Wildman–Crippen MR) is 74.4 cm³/mol. The fourth-order valence-corrected chi connectivity index (χ4v) is 4.39. The van der Waals surface area contributed by atoms with Crippen LogP contribution in [-0.4, -0.2) is 42.4 Å². The summed E-state index contributed by atoms with van der Waals surface area (Å²) in [6.45, 7) is 0.958. The Kier molecular flexibility index (Phi) is 4.00. The summed E-state index contributed by atoms with van der Waals surface area (Å²) in [4.78, 5) is 0. The first-order chi connectivity index (χ1) is 9.95. The molecule has 0 amide bonds. The van der Waals surface area contributed by atoms with Gasteiger partial charge >= 0.3 is 0 Å². The second kappa shape index (κ2) is 5.64. The summed E-state index contributed by atoms with van der Waals surface area (Å²) in [5.74, 6) is -0.721. The maximum Gasteiger partial charge on any atom is 0.217 e. The van der Waals surface area contributed by atoms with Gasteiger partial charge in [0.1, 0.15) is 5.82 Å². The number of aliphatic hydroxyl groups excluding tert-OH is 1. The summed E-state index contributed by atoms with van der Waals surface area (Å²) in [5.41, 5.74) is 1.50. The lowest BCUT2D eigenvalue weighted by Crippen LogP contribution is -2.38. The molecule has 2 aliphatic heterocycles. The van der Waals surface area contributed by atoms with E-state index >= 15 is 0 Å². The number of ether oxygens (including phenoxy) is 1. The van der Waals surface area contributed by atoms with Crippen molar-refractivity contribution in [1.29, 1.82) is 0 Å². The first kappa shape index (κ1) is 14.9. The van der Waals surface area contributed by atoms with Crippen LogP contribution in [-0.2, 0) is 27.8 Å². The van der Waals surface area contributed by atoms with E-state index in [1.165, 1.54) is 16.4 Å². The number of hydrogen-bond donors (Lipinski definition) is 1. The molecule has 1 aromatic carbocycles. The van der Waals surface area contributed by atoms with Crippen LogP contribution in [0.2, 0.25) is 0 Å². The molecule has 5 nitrogen and oxygen atoms in total. The molecule has 3 rings (SSSR count). The van der Waals surface area contributed by atoms with E-state index in [4.69, 9.17) is 4.74 Å². The molecule has 1 aromatic rings. The Bertz CT molecular complexity index is 628. The van der Waals surface area contributed by atoms with Crippen LogP contribution in [0.15, 0.2) is 18.2 Å². The van der Waals surface area contributed by atoms with Gasteiger partial charge < -0.3 is 9.84 Å². The van der Waals surface area contributed by atoms with E-state index < -0.39 is 22.2 Å². The van der Waals surface area contributed by atoms with E-state index in [0.717, 1.165) is 12.0 Å². The standard InChI is InChI=1S/C14H18FNO4S/c15-12-4-3-10-7-16(8-11(10)6-12)21(18,19)9-13(17)14-2-1-5-20-14/h3-4,6,13-14,17H,1-2,5,7-9H2/t13?,14-/m1/s1. The lowest BCUT2D eigenvalue weighted by atomic mass is 10.1. The minimum atomic E-state index is -3.60. The van der Waals surface area contributed by atoms with Crippen LogP contribution < -0.4 is 0 Å². The quantitative estimate of drug-likeness (QED) is 0.900. The summed E-state index contributed by atoms with van der Waals surface area (Å²) in [6, 6.07) is 4.30. The van der Waals surface area contributed by atoms with Gasteiger partial charge in [0.15, 0.2) is 0 Å². The van der Waals surface area contributed by atoms with Gasteiger partial charge in [-0.2, -0.15) is 4.31 Å². The normalized spacial score (nSPS) is 24.2. The van der Waals surface area contributed by atoms with Crippen LogP contribution in [0.5, 0.6) is 0 Å². The van der Waals surface area contributed by atoms with Crippen molar-refractivity contribution in [3.8, 4) is 0 Å². The maximum atomic E-state index is 13.2. The third kappa shape index (κ3) is 3.11. The smallest absolute Gasteiger partial charge is 0.217 e. The summed E-state index contributed by atoms with van der Waals surface area (Å²) in [5, 5.41) is 10.0. The molecule has 1 fully saturated rings. The Balaban J connectivity index is 1.69. The fourth-order valence-electron chi connectivity index (χ4n) is 2.86. The number of sulfonamides is 1. The summed E-state index contributed by atoms with van der Waals surface area (Å²) in [6.07, 6.45) is 0.110. The molecule has 1 saturated heterocycles. The van der Waals surface area contributed by atoms with Crippen molar-refractivity contribution in [3.05, 3.63) is 35.1 Å². The van der Waals surface area contributed by atoms with Crippen molar-refractivity contribution in [1.82, 2.24) is 4.31 Å². The Morgan fingerprint density at radius 3 is 2.86 bits per heavy atom. The third-order valence-corrected chi connectivity index (χ3v) is 5.84. The van der Waals surface area contributed by atoms with Gasteiger partial charge in [-0.25, -0.2) is 12.8 Å². The highest BCUT2D eigenvalue weighted by molar-refractivity contribution is 7.89. The number of fused-ring (bicyclic) bond motifs is 1. The maximum absolute atomic E-state index is 13.2. The zero-order chi connectivity index (χ0) is 15.0. The Hall–Kier alpha value is -1.02. The molecule has 7 heteroatoms. The predicted octanol–water partition coefficient (Wildman–Crippen LogP) is 1.01. The number of hydrogen-bond acceptors (Lipinski definition) is 4. The summed E-state index contributed by atoms with van der Waals surface area (Å²) < 4.78 is 44.5. The molecule has 0 aromatic heterocycles. The van der Waals surface area contributed by atoms with Gasteiger partial charge in [-0.1, -0.05) is 6.07 Å². The van der Waals surface area contributed by atoms with Gasteiger partial charge in [-0.3, -0.25) is 0 Å². The van der Waals surface area contributed by atoms with E-state index in [9.17, 15) is 17.9 Å². The highest BCUT2D eigenvalue weighted by Gasteiger charge is 2.34. The van der Waals surface area contributed by atoms with E-state index in [1.54, 1.807) is 6.07 Å². The average molecular weight is 315 g/mol. The monoisotopic (exact) mass is 315 g/mol. The molecule has 0 bridgehead atoms. The van der Waals surface area contributed by atoms with Gasteiger partial charge in [-0.05, 0) is 36.1 Å². The van der Waals surface area contributed by atoms with E-state index in [1.807, 2.05) is 0 Å². The van der Waals surface area contributed by atoms with Crippen LogP contribution in [0.3, 0.4) is 0 Å². The minimum absolute atomic E-state index is 0.160. The molecule has 116 valence electrons. The number of aliphatic hydroxyl groups is 1. The second-order valence-corrected chi connectivity index (χ2v) is 7.59. The third-order valence-electron chi connectivity index (χ3n) is 4.03. The largest absolute Gasteiger partial charge is 0.389 e. The molecular weight excluding hydrogens is 297 g/mol. The number of benzene rings is 1. The van der Waals surface area contributed by atoms with Gasteiger partial charge in [-0.15, -0.1) is 0 Å². The van der Waals surface area contributed by atoms with Gasteiger partial charge in [0.2, 0.25) is 10.0 Å². The molecule has 0 aliphatic carbocycles. The molecular formula is C14H18FNO4S. The zero-order valence-electron chi connectivity index (χ0n) is 11.5. The van der Waals surface area contributed by atoms with Crippen molar-refractivity contribution in [2.75, 3.05) is 12.4 Å². The SMILES string of the molecule is O=S(=O)(CC(O)[C@H]1CCCO1)N1Cc2ccc(F)cc2C1. The Labute approximate surface area is 123 Å². The fraction of sp³-hybridized carbons (Fsp3) is 0.571. The van der Waals surface area contributed by atoms with Crippen LogP contribution in [0.4, 0.5) is 4.39 Å². The topological polar surface area (TPSA) is 66.8 Å². The van der Waals surface area contributed by atoms with Crippen LogP contribution in [0.1, 0.15) is 24.0 Å². The van der Waals surface area contributed by atoms with Gasteiger partial charge in [0.25, 0.3) is 0 Å². The first-order valence-corrected chi connectivity index (χ1v) is 8.61. The minimum Gasteiger partial charge on any atom is -0.389 e. The summed E-state index contributed by atoms with van der Waals surface area (Å²) in [7, 11) is -3.60. The molecule has 1 N–H and O–H groups in total. The summed E-state index contributed by atoms with van der Waals surface area (Å²) >= 11 is 0. The molecule has 0 radical (unpaired) electrons. The van der Waals surface area contributed by atoms with Crippen molar-refractivity contribution >= 4 is 10.0 Å². The molecule has 2 aliphatic rings. The van der Waals surface area contributed by atoms with E-state index in [2.05, 4.69) is 0 Å². The molecule has 2 heterocycles. The van der Waals surface area contributed by atoms with Crippen LogP contribution in [0, 0.1) is 5.82 Å². The lowest BCUT2D eigenvalue weighted by Gasteiger charge is -2.21. The highest BCUT2D eigenvalue weighted by atomic mass is 32.2. The van der Waals surface area contributed by atoms with E-state index in [-0.39, 0.29) is 24.7 Å². The molecule has 0 spiro atoms. The highest BCUT2D eigenvalue weighted by Crippen LogP contribution is 2.27. The molecule has 1 unspecified atom stereocenters. The first-order valence-electron chi connectivity index (χ1n) is 7.00. The Morgan fingerprint density at radius 1 is 1.38 bits per heavy atom. The number of nitrogens with zero attached hydrogens (tertiary/aromatic N) is 1. The van der Waals surface area contributed by atoms with E-state index in [0.29, 0.717) is 18.6 Å². The van der Waals surface area contributed by atoms with Crippen molar-refractivity contribution in [2.45, 2.75) is 38.1 Å². The zero-order valence-corrected chi connectivity index (χ0v) is 12.4. The second-order valence-electron chi connectivity index (χ2n) is 5.58. The average Bonchev–Trinajstić information content (AvgIpc) is 3.07. The van der Waals surface area contributed by atoms with Gasteiger partial charge in [0.05, 0.1) is 18.0 Å². The molecule has 2 atom stereocenters. The van der Waals surface area contributed by atoms with Crippen molar-refractivity contribution in [2.24, 2.45) is 0 Å². The van der Waals surface area contributed by atoms with Crippen LogP contribution in [0.25, 0.3) is 0 Å². The molecule has 21 heavy (non-hydrogen) atoms.